The monoisotopic (exact) mass is 461 g/mol. The summed E-state index contributed by atoms with van der Waals surface area (Å²) in [6, 6.07) is 5.28. The van der Waals surface area contributed by atoms with Crippen LogP contribution in [0, 0.1) is 0 Å². The van der Waals surface area contributed by atoms with Gasteiger partial charge in [-0.05, 0) is 38.3 Å². The van der Waals surface area contributed by atoms with Crippen molar-refractivity contribution < 1.29 is 9.53 Å². The molecule has 0 aliphatic carbocycles. The molecule has 7 nitrogen and oxygen atoms in total. The number of hydrogen-bond acceptors (Lipinski definition) is 5. The Morgan fingerprint density at radius 1 is 1.29 bits per heavy atom. The number of hydrogen-bond donors (Lipinski definition) is 2. The Morgan fingerprint density at radius 2 is 2.06 bits per heavy atom. The highest BCUT2D eigenvalue weighted by atomic mass is 35.5. The van der Waals surface area contributed by atoms with Crippen LogP contribution in [0.4, 0.5) is 5.69 Å². The number of aryl methyl sites for hydroxylation is 1. The zero-order valence-electron chi connectivity index (χ0n) is 17.5. The average Bonchev–Trinajstić information content (AvgIpc) is 3.20. The van der Waals surface area contributed by atoms with Crippen molar-refractivity contribution in [2.75, 3.05) is 18.5 Å². The summed E-state index contributed by atoms with van der Waals surface area (Å²) >= 11 is 12.5. The van der Waals surface area contributed by atoms with E-state index in [1.54, 1.807) is 18.5 Å². The van der Waals surface area contributed by atoms with Crippen molar-refractivity contribution in [3.63, 3.8) is 0 Å². The molecule has 0 spiro atoms. The summed E-state index contributed by atoms with van der Waals surface area (Å²) in [5.41, 5.74) is 2.73. The van der Waals surface area contributed by atoms with Crippen molar-refractivity contribution in [1.29, 1.82) is 0 Å². The van der Waals surface area contributed by atoms with Gasteiger partial charge in [0.25, 0.3) is 5.91 Å². The van der Waals surface area contributed by atoms with Gasteiger partial charge in [0.2, 0.25) is 0 Å². The molecule has 1 aromatic carbocycles. The van der Waals surface area contributed by atoms with Crippen LogP contribution in [0.15, 0.2) is 30.6 Å². The largest absolute Gasteiger partial charge is 0.381 e. The Kier molecular flexibility index (Phi) is 6.65. The van der Waals surface area contributed by atoms with Gasteiger partial charge < -0.3 is 15.4 Å². The van der Waals surface area contributed by atoms with Crippen LogP contribution in [0.2, 0.25) is 10.0 Å². The maximum Gasteiger partial charge on any atom is 0.255 e. The Hall–Kier alpha value is -2.35. The van der Waals surface area contributed by atoms with Gasteiger partial charge in [-0.3, -0.25) is 4.79 Å². The number of carbonyl (C=O) groups excluding carboxylic acids is 1. The van der Waals surface area contributed by atoms with Gasteiger partial charge in [-0.25, -0.2) is 9.67 Å². The van der Waals surface area contributed by atoms with Crippen LogP contribution >= 0.6 is 23.2 Å². The van der Waals surface area contributed by atoms with Gasteiger partial charge in [-0.15, -0.1) is 0 Å². The number of aromatic nitrogens is 3. The summed E-state index contributed by atoms with van der Waals surface area (Å²) < 4.78 is 7.30. The highest BCUT2D eigenvalue weighted by molar-refractivity contribution is 6.42. The minimum Gasteiger partial charge on any atom is -0.381 e. The van der Waals surface area contributed by atoms with Crippen molar-refractivity contribution in [1.82, 2.24) is 20.1 Å². The molecule has 9 heteroatoms. The maximum absolute atomic E-state index is 13.3. The van der Waals surface area contributed by atoms with Gasteiger partial charge in [0.15, 0.2) is 5.65 Å². The Morgan fingerprint density at radius 3 is 2.81 bits per heavy atom. The van der Waals surface area contributed by atoms with E-state index < -0.39 is 0 Å². The molecule has 4 rings (SSSR count). The summed E-state index contributed by atoms with van der Waals surface area (Å²) in [6.45, 7) is 5.99. The SMILES string of the molecule is CCn1ncc2c(NC3CCOCC3)c(C(=O)NC(C)c3cccc(Cl)c3Cl)cnc21. The number of anilines is 1. The van der Waals surface area contributed by atoms with Crippen molar-refractivity contribution >= 4 is 45.8 Å². The first-order valence-corrected chi connectivity index (χ1v) is 11.2. The fourth-order valence-electron chi connectivity index (χ4n) is 3.84. The number of nitrogens with one attached hydrogen (secondary N) is 2. The van der Waals surface area contributed by atoms with E-state index in [0.29, 0.717) is 35.4 Å². The lowest BCUT2D eigenvalue weighted by Crippen LogP contribution is -2.31. The van der Waals surface area contributed by atoms with Crippen LogP contribution < -0.4 is 10.6 Å². The maximum atomic E-state index is 13.3. The lowest BCUT2D eigenvalue weighted by Gasteiger charge is -2.26. The molecule has 3 heterocycles. The van der Waals surface area contributed by atoms with Crippen LogP contribution in [0.25, 0.3) is 11.0 Å². The van der Waals surface area contributed by atoms with Gasteiger partial charge in [0, 0.05) is 32.0 Å². The number of fused-ring (bicyclic) bond motifs is 1. The van der Waals surface area contributed by atoms with Gasteiger partial charge >= 0.3 is 0 Å². The van der Waals surface area contributed by atoms with Crippen molar-refractivity contribution in [2.24, 2.45) is 0 Å². The summed E-state index contributed by atoms with van der Waals surface area (Å²) in [5.74, 6) is -0.239. The second-order valence-corrected chi connectivity index (χ2v) is 8.40. The molecule has 31 heavy (non-hydrogen) atoms. The van der Waals surface area contributed by atoms with Crippen molar-refractivity contribution in [3.8, 4) is 0 Å². The molecule has 1 fully saturated rings. The molecule has 1 amide bonds. The fraction of sp³-hybridized carbons (Fsp3) is 0.409. The third-order valence-electron chi connectivity index (χ3n) is 5.58. The predicted molar refractivity (Wildman–Crippen MR) is 123 cm³/mol. The van der Waals surface area contributed by atoms with Crippen molar-refractivity contribution in [2.45, 2.75) is 45.3 Å². The van der Waals surface area contributed by atoms with E-state index in [9.17, 15) is 4.79 Å². The smallest absolute Gasteiger partial charge is 0.255 e. The highest BCUT2D eigenvalue weighted by Crippen LogP contribution is 2.31. The van der Waals surface area contributed by atoms with E-state index in [2.05, 4.69) is 20.7 Å². The molecule has 2 N–H and O–H groups in total. The first-order chi connectivity index (χ1) is 15.0. The van der Waals surface area contributed by atoms with E-state index >= 15 is 0 Å². The first kappa shape index (κ1) is 21.9. The van der Waals surface area contributed by atoms with Gasteiger partial charge in [0.1, 0.15) is 0 Å². The second-order valence-electron chi connectivity index (χ2n) is 7.61. The van der Waals surface area contributed by atoms with Gasteiger partial charge in [-0.1, -0.05) is 35.3 Å². The lowest BCUT2D eigenvalue weighted by atomic mass is 10.1. The number of benzene rings is 1. The Balaban J connectivity index is 1.67. The molecule has 1 aliphatic rings. The fourth-order valence-corrected chi connectivity index (χ4v) is 4.31. The molecule has 0 bridgehead atoms. The first-order valence-electron chi connectivity index (χ1n) is 10.4. The Bertz CT molecular complexity index is 1090. The number of ether oxygens (including phenoxy) is 1. The predicted octanol–water partition coefficient (Wildman–Crippen LogP) is 4.84. The molecule has 2 aromatic heterocycles. The van der Waals surface area contributed by atoms with Crippen LogP contribution in [0.1, 0.15) is 48.7 Å². The quantitative estimate of drug-likeness (QED) is 0.548. The molecule has 1 atom stereocenters. The Labute approximate surface area is 191 Å². The number of nitrogens with zero attached hydrogens (tertiary/aromatic N) is 3. The number of halogens is 2. The molecule has 0 radical (unpaired) electrons. The summed E-state index contributed by atoms with van der Waals surface area (Å²) in [4.78, 5) is 17.8. The number of pyridine rings is 1. The summed E-state index contributed by atoms with van der Waals surface area (Å²) in [7, 11) is 0. The van der Waals surface area contributed by atoms with E-state index in [1.807, 2.05) is 30.7 Å². The summed E-state index contributed by atoms with van der Waals surface area (Å²) in [5, 5.41) is 12.7. The molecular formula is C22H25Cl2N5O2. The van der Waals surface area contributed by atoms with Gasteiger partial charge in [0.05, 0.1) is 38.9 Å². The van der Waals surface area contributed by atoms with Gasteiger partial charge in [-0.2, -0.15) is 5.10 Å². The van der Waals surface area contributed by atoms with Crippen LogP contribution in [0.3, 0.4) is 0 Å². The van der Waals surface area contributed by atoms with E-state index in [1.165, 1.54) is 0 Å². The molecule has 164 valence electrons. The molecule has 1 aliphatic heterocycles. The third kappa shape index (κ3) is 4.49. The summed E-state index contributed by atoms with van der Waals surface area (Å²) in [6.07, 6.45) is 5.13. The third-order valence-corrected chi connectivity index (χ3v) is 6.41. The molecule has 3 aromatic rings. The van der Waals surface area contributed by atoms with Crippen LogP contribution in [-0.2, 0) is 11.3 Å². The lowest BCUT2D eigenvalue weighted by molar-refractivity contribution is 0.0903. The average molecular weight is 462 g/mol. The topological polar surface area (TPSA) is 81.1 Å². The molecule has 0 saturated carbocycles. The van der Waals surface area contributed by atoms with Crippen LogP contribution in [-0.4, -0.2) is 39.9 Å². The standard InChI is InChI=1S/C22H25Cl2N5O2/c1-3-29-21-16(12-26-29)20(28-14-7-9-31-10-8-14)17(11-25-21)22(30)27-13(2)15-5-4-6-18(23)19(15)24/h4-6,11-14H,3,7-10H2,1-2H3,(H,25,28)(H,27,30). The molecule has 1 unspecified atom stereocenters. The molecule has 1 saturated heterocycles. The molecular weight excluding hydrogens is 437 g/mol. The van der Waals surface area contributed by atoms with Crippen LogP contribution in [0.5, 0.6) is 0 Å². The minimum absolute atomic E-state index is 0.218. The van der Waals surface area contributed by atoms with Crippen molar-refractivity contribution in [3.05, 3.63) is 51.8 Å². The van der Waals surface area contributed by atoms with E-state index in [4.69, 9.17) is 27.9 Å². The zero-order valence-corrected chi connectivity index (χ0v) is 19.0. The zero-order chi connectivity index (χ0) is 22.0. The number of carbonyl (C=O) groups is 1. The minimum atomic E-state index is -0.330. The number of amides is 1. The van der Waals surface area contributed by atoms with E-state index in [-0.39, 0.29) is 18.0 Å². The second kappa shape index (κ2) is 9.42. The highest BCUT2D eigenvalue weighted by Gasteiger charge is 2.23. The van der Waals surface area contributed by atoms with E-state index in [0.717, 1.165) is 35.1 Å². The normalized spacial score (nSPS) is 15.7. The number of rotatable bonds is 6.